The van der Waals surface area contributed by atoms with E-state index in [1.165, 1.54) is 48.9 Å². The van der Waals surface area contributed by atoms with Crippen LogP contribution < -0.4 is 0 Å². The van der Waals surface area contributed by atoms with Crippen molar-refractivity contribution in [2.75, 3.05) is 0 Å². The Hall–Kier alpha value is -6.98. The van der Waals surface area contributed by atoms with Crippen molar-refractivity contribution in [2.24, 2.45) is 0 Å². The Kier molecular flexibility index (Phi) is 5.89. The molecule has 0 atom stereocenters. The van der Waals surface area contributed by atoms with Gasteiger partial charge in [-0.15, -0.1) is 0 Å². The van der Waals surface area contributed by atoms with E-state index in [0.717, 1.165) is 39.1 Å². The van der Waals surface area contributed by atoms with Crippen LogP contribution in [0.1, 0.15) is 0 Å². The van der Waals surface area contributed by atoms with Crippen LogP contribution in [0.2, 0.25) is 0 Å². The first kappa shape index (κ1) is 27.9. The molecule has 0 aliphatic heterocycles. The Labute approximate surface area is 292 Å². The zero-order chi connectivity index (χ0) is 33.5. The van der Waals surface area contributed by atoms with Gasteiger partial charge in [-0.2, -0.15) is 0 Å². The van der Waals surface area contributed by atoms with Crippen LogP contribution in [0.25, 0.3) is 93.9 Å². The molecule has 0 radical (unpaired) electrons. The molecular formula is C46H29N5. The number of hydrogen-bond donors (Lipinski definition) is 0. The molecule has 0 unspecified atom stereocenters. The van der Waals surface area contributed by atoms with E-state index in [-0.39, 0.29) is 0 Å². The number of hydrogen-bond acceptors (Lipinski definition) is 2. The third-order valence-electron chi connectivity index (χ3n) is 10.4. The molecule has 4 aromatic heterocycles. The quantitative estimate of drug-likeness (QED) is 0.190. The molecule has 5 nitrogen and oxygen atoms in total. The molecule has 0 saturated heterocycles. The lowest BCUT2D eigenvalue weighted by atomic mass is 10.1. The van der Waals surface area contributed by atoms with Crippen molar-refractivity contribution in [3.63, 3.8) is 0 Å². The van der Waals surface area contributed by atoms with Crippen LogP contribution in [-0.4, -0.2) is 23.7 Å². The van der Waals surface area contributed by atoms with Crippen molar-refractivity contribution < 1.29 is 0 Å². The van der Waals surface area contributed by atoms with Crippen LogP contribution >= 0.6 is 0 Å². The molecule has 0 saturated carbocycles. The molecule has 11 aromatic rings. The van der Waals surface area contributed by atoms with Crippen molar-refractivity contribution in [3.8, 4) is 28.5 Å². The highest BCUT2D eigenvalue weighted by Crippen LogP contribution is 2.43. The monoisotopic (exact) mass is 651 g/mol. The maximum atomic E-state index is 5.02. The van der Waals surface area contributed by atoms with Gasteiger partial charge in [-0.1, -0.05) is 121 Å². The number of para-hydroxylation sites is 6. The van der Waals surface area contributed by atoms with E-state index in [9.17, 15) is 0 Å². The fraction of sp³-hybridized carbons (Fsp3) is 0. The first-order chi connectivity index (χ1) is 25.3. The summed E-state index contributed by atoms with van der Waals surface area (Å²) in [6, 6.07) is 58.3. The molecule has 5 heteroatoms. The Balaban J connectivity index is 1.18. The summed E-state index contributed by atoms with van der Waals surface area (Å²) in [6.45, 7) is 0. The Morgan fingerprint density at radius 3 is 1.35 bits per heavy atom. The molecule has 0 fully saturated rings. The van der Waals surface area contributed by atoms with E-state index >= 15 is 0 Å². The predicted molar refractivity (Wildman–Crippen MR) is 210 cm³/mol. The molecule has 11 rings (SSSR count). The maximum Gasteiger partial charge on any atom is 0.234 e. The summed E-state index contributed by atoms with van der Waals surface area (Å²) in [5, 5.41) is 7.27. The summed E-state index contributed by atoms with van der Waals surface area (Å²) in [6.07, 6.45) is 3.93. The molecule has 0 aliphatic carbocycles. The SMILES string of the molecule is c1ccc(-n2c3ccccc3c3ccc4c5ccccc5n(-c5ccccc5-c5cnc(-n6c7ccccc7c7ccccc76)nc5)c4c32)cc1. The van der Waals surface area contributed by atoms with Gasteiger partial charge in [0.25, 0.3) is 0 Å². The summed E-state index contributed by atoms with van der Waals surface area (Å²) in [5.74, 6) is 0.652. The van der Waals surface area contributed by atoms with Gasteiger partial charge in [-0.05, 0) is 42.5 Å². The first-order valence-corrected chi connectivity index (χ1v) is 17.3. The highest BCUT2D eigenvalue weighted by molar-refractivity contribution is 6.24. The van der Waals surface area contributed by atoms with Crippen LogP contribution in [0.15, 0.2) is 176 Å². The van der Waals surface area contributed by atoms with Crippen molar-refractivity contribution in [1.29, 1.82) is 0 Å². The van der Waals surface area contributed by atoms with Gasteiger partial charge in [0.15, 0.2) is 0 Å². The summed E-state index contributed by atoms with van der Waals surface area (Å²) in [4.78, 5) is 10.0. The average Bonchev–Trinajstić information content (AvgIpc) is 3.84. The summed E-state index contributed by atoms with van der Waals surface area (Å²) in [5.41, 5.74) is 11.1. The molecule has 0 bridgehead atoms. The highest BCUT2D eigenvalue weighted by Gasteiger charge is 2.22. The Bertz CT molecular complexity index is 3070. The molecule has 238 valence electrons. The zero-order valence-corrected chi connectivity index (χ0v) is 27.5. The lowest BCUT2D eigenvalue weighted by molar-refractivity contribution is 0.989. The van der Waals surface area contributed by atoms with Crippen molar-refractivity contribution in [2.45, 2.75) is 0 Å². The van der Waals surface area contributed by atoms with Crippen LogP contribution in [0.3, 0.4) is 0 Å². The second-order valence-corrected chi connectivity index (χ2v) is 13.1. The molecule has 0 N–H and O–H groups in total. The van der Waals surface area contributed by atoms with Crippen molar-refractivity contribution >= 4 is 65.4 Å². The lowest BCUT2D eigenvalue weighted by Crippen LogP contribution is -2.02. The molecule has 0 amide bonds. The first-order valence-electron chi connectivity index (χ1n) is 17.3. The number of nitrogens with zero attached hydrogens (tertiary/aromatic N) is 5. The topological polar surface area (TPSA) is 40.6 Å². The third kappa shape index (κ3) is 3.97. The minimum Gasteiger partial charge on any atom is -0.307 e. The van der Waals surface area contributed by atoms with Gasteiger partial charge in [0, 0.05) is 61.5 Å². The highest BCUT2D eigenvalue weighted by atomic mass is 15.1. The van der Waals surface area contributed by atoms with E-state index in [4.69, 9.17) is 9.97 Å². The predicted octanol–water partition coefficient (Wildman–Crippen LogP) is 11.4. The average molecular weight is 652 g/mol. The molecule has 0 aliphatic rings. The minimum absolute atomic E-state index is 0.652. The van der Waals surface area contributed by atoms with Crippen LogP contribution in [0.5, 0.6) is 0 Å². The van der Waals surface area contributed by atoms with E-state index in [1.807, 2.05) is 12.4 Å². The van der Waals surface area contributed by atoms with E-state index in [2.05, 4.69) is 177 Å². The van der Waals surface area contributed by atoms with Crippen molar-refractivity contribution in [3.05, 3.63) is 176 Å². The van der Waals surface area contributed by atoms with Gasteiger partial charge in [-0.3, -0.25) is 4.57 Å². The minimum atomic E-state index is 0.652. The van der Waals surface area contributed by atoms with E-state index in [1.54, 1.807) is 0 Å². The molecule has 4 heterocycles. The molecular weight excluding hydrogens is 623 g/mol. The normalized spacial score (nSPS) is 11.9. The molecule has 51 heavy (non-hydrogen) atoms. The van der Waals surface area contributed by atoms with Gasteiger partial charge in [0.2, 0.25) is 5.95 Å². The second-order valence-electron chi connectivity index (χ2n) is 13.1. The molecule has 7 aromatic carbocycles. The number of fused-ring (bicyclic) bond motifs is 10. The largest absolute Gasteiger partial charge is 0.307 e. The second kappa shape index (κ2) is 10.8. The van der Waals surface area contributed by atoms with Crippen LogP contribution in [0.4, 0.5) is 0 Å². The van der Waals surface area contributed by atoms with Crippen LogP contribution in [-0.2, 0) is 0 Å². The van der Waals surface area contributed by atoms with E-state index in [0.29, 0.717) is 5.95 Å². The van der Waals surface area contributed by atoms with E-state index < -0.39 is 0 Å². The van der Waals surface area contributed by atoms with Crippen molar-refractivity contribution in [1.82, 2.24) is 23.7 Å². The Morgan fingerprint density at radius 1 is 0.333 bits per heavy atom. The maximum absolute atomic E-state index is 5.02. The fourth-order valence-corrected chi connectivity index (χ4v) is 8.22. The third-order valence-corrected chi connectivity index (χ3v) is 10.4. The van der Waals surface area contributed by atoms with Gasteiger partial charge in [-0.25, -0.2) is 9.97 Å². The smallest absolute Gasteiger partial charge is 0.234 e. The number of benzene rings is 7. The lowest BCUT2D eigenvalue weighted by Gasteiger charge is -2.16. The molecule has 0 spiro atoms. The number of aromatic nitrogens is 5. The summed E-state index contributed by atoms with van der Waals surface area (Å²) >= 11 is 0. The van der Waals surface area contributed by atoms with Crippen LogP contribution in [0, 0.1) is 0 Å². The zero-order valence-electron chi connectivity index (χ0n) is 27.5. The van der Waals surface area contributed by atoms with Gasteiger partial charge < -0.3 is 9.13 Å². The summed E-state index contributed by atoms with van der Waals surface area (Å²) < 4.78 is 7.03. The Morgan fingerprint density at radius 2 is 0.765 bits per heavy atom. The number of rotatable bonds is 4. The summed E-state index contributed by atoms with van der Waals surface area (Å²) in [7, 11) is 0. The van der Waals surface area contributed by atoms with Gasteiger partial charge in [0.1, 0.15) is 0 Å². The standard InChI is InChI=1S/C46H29N5/c1-2-14-31(15-3-1)49-40-22-10-7-19-35(40)37-26-27-38-36-20-8-11-23-41(36)50(45(38)44(37)49)39-21-9-4-16-32(39)30-28-47-46(48-29-30)51-42-24-12-5-17-33(42)34-18-6-13-25-43(34)51/h1-29H. The van der Waals surface area contributed by atoms with Gasteiger partial charge in [0.05, 0.1) is 38.8 Å². The fourth-order valence-electron chi connectivity index (χ4n) is 8.22. The van der Waals surface area contributed by atoms with Gasteiger partial charge >= 0.3 is 0 Å².